The molecule has 10 heteroatoms. The van der Waals surface area contributed by atoms with Crippen molar-refractivity contribution in [3.63, 3.8) is 0 Å². The van der Waals surface area contributed by atoms with Crippen molar-refractivity contribution in [1.82, 2.24) is 25.0 Å². The van der Waals surface area contributed by atoms with Crippen molar-refractivity contribution in [2.75, 3.05) is 18.5 Å². The number of rotatable bonds is 6. The van der Waals surface area contributed by atoms with Crippen LogP contribution >= 0.6 is 0 Å². The van der Waals surface area contributed by atoms with Crippen LogP contribution < -0.4 is 5.32 Å². The maximum atomic E-state index is 6.07. The second kappa shape index (κ2) is 8.04. The van der Waals surface area contributed by atoms with Gasteiger partial charge in [0.1, 0.15) is 17.8 Å². The summed E-state index contributed by atoms with van der Waals surface area (Å²) < 4.78 is 12.5. The maximum Gasteiger partial charge on any atom is 0.205 e. The van der Waals surface area contributed by atoms with Crippen molar-refractivity contribution in [3.8, 4) is 0 Å². The molecule has 2 aliphatic heterocycles. The Hall–Kier alpha value is -2.98. The molecule has 0 bridgehead atoms. The lowest BCUT2D eigenvalue weighted by molar-refractivity contribution is -0.127. The van der Waals surface area contributed by atoms with Crippen LogP contribution in [0.5, 0.6) is 0 Å². The summed E-state index contributed by atoms with van der Waals surface area (Å²) in [6, 6.07) is 2.21. The van der Waals surface area contributed by atoms with Gasteiger partial charge in [0, 0.05) is 43.6 Å². The summed E-state index contributed by atoms with van der Waals surface area (Å²) in [5.41, 5.74) is 3.51. The lowest BCUT2D eigenvalue weighted by Gasteiger charge is -2.26. The van der Waals surface area contributed by atoms with Gasteiger partial charge in [0.15, 0.2) is 5.65 Å². The van der Waals surface area contributed by atoms with Crippen molar-refractivity contribution in [1.29, 1.82) is 0 Å². The minimum Gasteiger partial charge on any atom is -0.381 e. The Balaban J connectivity index is 1.43. The van der Waals surface area contributed by atoms with E-state index in [-0.39, 0.29) is 0 Å². The molecule has 1 N–H and O–H groups in total. The van der Waals surface area contributed by atoms with E-state index in [1.165, 1.54) is 0 Å². The van der Waals surface area contributed by atoms with Crippen LogP contribution in [0, 0.1) is 6.92 Å². The van der Waals surface area contributed by atoms with E-state index in [0.29, 0.717) is 12.6 Å². The Morgan fingerprint density at radius 3 is 2.87 bits per heavy atom. The Kier molecular flexibility index (Phi) is 5.09. The van der Waals surface area contributed by atoms with Crippen LogP contribution in [0.1, 0.15) is 43.0 Å². The Labute approximate surface area is 173 Å². The summed E-state index contributed by atoms with van der Waals surface area (Å²) in [6.45, 7) is 6.67. The number of pyridine rings is 1. The monoisotopic (exact) mass is 411 g/mol. The molecule has 1 saturated heterocycles. The van der Waals surface area contributed by atoms with Crippen LogP contribution in [0.4, 0.5) is 5.69 Å². The standard InChI is InChI=1S/C20H25N7O3/c1-3-27-19-16(10-23-27)18(24-14-4-6-28-7-5-14)17(9-21-19)20-22-12-26(30-20)11-15-8-13(2)29-25-15/h8-10,12,14,20H,3-7,11H2,1-2H3,(H,21,24). The van der Waals surface area contributed by atoms with E-state index in [1.807, 2.05) is 30.1 Å². The molecule has 1 unspecified atom stereocenters. The van der Waals surface area contributed by atoms with Crippen LogP contribution in [0.3, 0.4) is 0 Å². The molecule has 5 heterocycles. The van der Waals surface area contributed by atoms with Gasteiger partial charge in [-0.2, -0.15) is 5.10 Å². The molecule has 2 aliphatic rings. The summed E-state index contributed by atoms with van der Waals surface area (Å²) in [5.74, 6) is 0.767. The number of aliphatic imine (C=N–C) groups is 1. The van der Waals surface area contributed by atoms with Crippen molar-refractivity contribution in [2.24, 2.45) is 4.99 Å². The molecule has 0 radical (unpaired) electrons. The molecule has 158 valence electrons. The van der Waals surface area contributed by atoms with Gasteiger partial charge < -0.3 is 14.6 Å². The number of anilines is 1. The molecular formula is C20H25N7O3. The first-order valence-corrected chi connectivity index (χ1v) is 10.3. The minimum atomic E-state index is -0.484. The van der Waals surface area contributed by atoms with Crippen LogP contribution in [0.15, 0.2) is 28.0 Å². The van der Waals surface area contributed by atoms with Crippen LogP contribution in [-0.2, 0) is 22.7 Å². The third-order valence-electron chi connectivity index (χ3n) is 5.39. The molecule has 0 aromatic carbocycles. The Morgan fingerprint density at radius 1 is 1.23 bits per heavy atom. The molecule has 0 saturated carbocycles. The maximum absolute atomic E-state index is 6.07. The zero-order valence-electron chi connectivity index (χ0n) is 17.1. The Bertz CT molecular complexity index is 1050. The van der Waals surface area contributed by atoms with Gasteiger partial charge in [0.25, 0.3) is 0 Å². The average Bonchev–Trinajstić information content (AvgIpc) is 3.49. The quantitative estimate of drug-likeness (QED) is 0.661. The van der Waals surface area contributed by atoms with Crippen LogP contribution in [-0.4, -0.2) is 50.6 Å². The summed E-state index contributed by atoms with van der Waals surface area (Å²) in [5, 5.41) is 14.9. The van der Waals surface area contributed by atoms with Gasteiger partial charge in [-0.1, -0.05) is 5.16 Å². The van der Waals surface area contributed by atoms with Crippen LogP contribution in [0.25, 0.3) is 11.0 Å². The number of hydrogen-bond acceptors (Lipinski definition) is 9. The zero-order valence-corrected chi connectivity index (χ0v) is 17.1. The molecule has 5 rings (SSSR count). The molecule has 3 aromatic heterocycles. The van der Waals surface area contributed by atoms with Gasteiger partial charge in [-0.05, 0) is 26.7 Å². The summed E-state index contributed by atoms with van der Waals surface area (Å²) >= 11 is 0. The lowest BCUT2D eigenvalue weighted by Crippen LogP contribution is -2.28. The zero-order chi connectivity index (χ0) is 20.5. The number of hydrogen-bond donors (Lipinski definition) is 1. The molecule has 0 aliphatic carbocycles. The second-order valence-corrected chi connectivity index (χ2v) is 7.54. The van der Waals surface area contributed by atoms with E-state index in [0.717, 1.165) is 66.3 Å². The number of hydroxylamine groups is 2. The van der Waals surface area contributed by atoms with Gasteiger partial charge in [0.05, 0.1) is 23.8 Å². The van der Waals surface area contributed by atoms with E-state index in [4.69, 9.17) is 14.1 Å². The van der Waals surface area contributed by atoms with Crippen LogP contribution in [0.2, 0.25) is 0 Å². The van der Waals surface area contributed by atoms with Crippen molar-refractivity contribution < 1.29 is 14.1 Å². The van der Waals surface area contributed by atoms with E-state index in [9.17, 15) is 0 Å². The number of fused-ring (bicyclic) bond motifs is 1. The van der Waals surface area contributed by atoms with Crippen molar-refractivity contribution in [3.05, 3.63) is 35.5 Å². The highest BCUT2D eigenvalue weighted by Gasteiger charge is 2.27. The first-order valence-electron chi connectivity index (χ1n) is 10.3. The summed E-state index contributed by atoms with van der Waals surface area (Å²) in [7, 11) is 0. The van der Waals surface area contributed by atoms with Gasteiger partial charge in [-0.25, -0.2) is 24.6 Å². The summed E-state index contributed by atoms with van der Waals surface area (Å²) in [4.78, 5) is 15.3. The van der Waals surface area contributed by atoms with E-state index < -0.39 is 6.23 Å². The third kappa shape index (κ3) is 3.63. The number of aryl methyl sites for hydroxylation is 2. The van der Waals surface area contributed by atoms with Gasteiger partial charge in [-0.3, -0.25) is 0 Å². The third-order valence-corrected chi connectivity index (χ3v) is 5.39. The van der Waals surface area contributed by atoms with E-state index in [1.54, 1.807) is 11.4 Å². The van der Waals surface area contributed by atoms with Gasteiger partial charge in [-0.15, -0.1) is 0 Å². The van der Waals surface area contributed by atoms with E-state index in [2.05, 4.69) is 32.5 Å². The number of aromatic nitrogens is 4. The largest absolute Gasteiger partial charge is 0.381 e. The normalized spacial score (nSPS) is 19.8. The molecule has 30 heavy (non-hydrogen) atoms. The van der Waals surface area contributed by atoms with Crippen molar-refractivity contribution >= 4 is 23.1 Å². The molecule has 10 nitrogen and oxygen atoms in total. The smallest absolute Gasteiger partial charge is 0.205 e. The summed E-state index contributed by atoms with van der Waals surface area (Å²) in [6.07, 6.45) is 6.82. The first-order chi connectivity index (χ1) is 14.7. The average molecular weight is 411 g/mol. The predicted octanol–water partition coefficient (Wildman–Crippen LogP) is 2.81. The molecule has 0 amide bonds. The SMILES string of the molecule is CCn1ncc2c(NC3CCOCC3)c(C3N=CN(Cc4cc(C)on4)O3)cnc21. The first kappa shape index (κ1) is 19.0. The number of nitrogens with one attached hydrogen (secondary N) is 1. The molecule has 0 spiro atoms. The number of ether oxygens (including phenoxy) is 1. The van der Waals surface area contributed by atoms with Crippen molar-refractivity contribution in [2.45, 2.75) is 52.0 Å². The fraction of sp³-hybridized carbons (Fsp3) is 0.500. The molecular weight excluding hydrogens is 386 g/mol. The van der Waals surface area contributed by atoms with Gasteiger partial charge in [0.2, 0.25) is 6.23 Å². The second-order valence-electron chi connectivity index (χ2n) is 7.54. The molecule has 3 aromatic rings. The molecule has 1 fully saturated rings. The topological polar surface area (TPSA) is 103 Å². The number of nitrogens with zero attached hydrogens (tertiary/aromatic N) is 6. The highest BCUT2D eigenvalue weighted by atomic mass is 16.7. The lowest BCUT2D eigenvalue weighted by atomic mass is 10.1. The fourth-order valence-corrected chi connectivity index (χ4v) is 3.85. The predicted molar refractivity (Wildman–Crippen MR) is 110 cm³/mol. The highest BCUT2D eigenvalue weighted by Crippen LogP contribution is 2.36. The Morgan fingerprint density at radius 2 is 2.10 bits per heavy atom. The molecule has 1 atom stereocenters. The fourth-order valence-electron chi connectivity index (χ4n) is 3.85. The van der Waals surface area contributed by atoms with Gasteiger partial charge >= 0.3 is 0 Å². The highest BCUT2D eigenvalue weighted by molar-refractivity contribution is 5.91. The van der Waals surface area contributed by atoms with E-state index >= 15 is 0 Å². The minimum absolute atomic E-state index is 0.327.